The van der Waals surface area contributed by atoms with E-state index < -0.39 is 4.92 Å². The van der Waals surface area contributed by atoms with Gasteiger partial charge in [0.1, 0.15) is 0 Å². The molecule has 1 aromatic carbocycles. The minimum Gasteiger partial charge on any atom is -0.258 e. The molecule has 0 amide bonds. The van der Waals surface area contributed by atoms with Gasteiger partial charge in [0.05, 0.1) is 4.92 Å². The summed E-state index contributed by atoms with van der Waals surface area (Å²) < 4.78 is 0. The molecule has 0 atom stereocenters. The number of hydrogen-bond donors (Lipinski definition) is 0. The molecule has 0 aromatic heterocycles. The predicted octanol–water partition coefficient (Wildman–Crippen LogP) is 5.72. The lowest BCUT2D eigenvalue weighted by molar-refractivity contribution is -0.384. The Balaban J connectivity index is 1.91. The Hall–Kier alpha value is -2.77. The molecule has 3 nitrogen and oxygen atoms in total. The Kier molecular flexibility index (Phi) is 5.60. The molecule has 26 heavy (non-hydrogen) atoms. The molecular formula is C22H19NO2S. The third-order valence-electron chi connectivity index (χ3n) is 3.93. The summed E-state index contributed by atoms with van der Waals surface area (Å²) in [5.74, 6) is 6.37. The van der Waals surface area contributed by atoms with Gasteiger partial charge < -0.3 is 0 Å². The molecule has 0 radical (unpaired) electrons. The number of nitro groups is 1. The molecule has 0 saturated heterocycles. The summed E-state index contributed by atoms with van der Waals surface area (Å²) in [6, 6.07) is 6.34. The van der Waals surface area contributed by atoms with Crippen LogP contribution < -0.4 is 0 Å². The first kappa shape index (κ1) is 18.0. The summed E-state index contributed by atoms with van der Waals surface area (Å²) in [6.45, 7) is 4.39. The summed E-state index contributed by atoms with van der Waals surface area (Å²) in [7, 11) is 0. The quantitative estimate of drug-likeness (QED) is 0.392. The highest BCUT2D eigenvalue weighted by atomic mass is 32.2. The van der Waals surface area contributed by atoms with Crippen molar-refractivity contribution in [2.24, 2.45) is 0 Å². The maximum absolute atomic E-state index is 10.7. The lowest BCUT2D eigenvalue weighted by Crippen LogP contribution is -1.93. The van der Waals surface area contributed by atoms with Crippen molar-refractivity contribution in [1.82, 2.24) is 0 Å². The molecule has 0 unspecified atom stereocenters. The van der Waals surface area contributed by atoms with Crippen molar-refractivity contribution < 1.29 is 4.92 Å². The summed E-state index contributed by atoms with van der Waals surface area (Å²) in [4.78, 5) is 11.6. The van der Waals surface area contributed by atoms with Crippen LogP contribution in [0.3, 0.4) is 0 Å². The lowest BCUT2D eigenvalue weighted by atomic mass is 10.0. The zero-order valence-corrected chi connectivity index (χ0v) is 15.5. The van der Waals surface area contributed by atoms with Gasteiger partial charge in [-0.1, -0.05) is 50.0 Å². The third-order valence-corrected chi connectivity index (χ3v) is 5.06. The third kappa shape index (κ3) is 4.44. The maximum atomic E-state index is 10.7. The minimum atomic E-state index is -0.402. The number of thioether (sulfide) groups is 1. The van der Waals surface area contributed by atoms with Gasteiger partial charge in [-0.15, -0.1) is 11.8 Å². The number of fused-ring (bicyclic) bond motifs is 2. The van der Waals surface area contributed by atoms with Gasteiger partial charge in [-0.25, -0.2) is 0 Å². The second-order valence-electron chi connectivity index (χ2n) is 6.28. The molecule has 2 aliphatic rings. The molecule has 3 rings (SSSR count). The van der Waals surface area contributed by atoms with Gasteiger partial charge >= 0.3 is 0 Å². The SMILES string of the molecule is CC(C)SC1=CC=C(C#Cc2ccc([N+](=O)[O-])cc2)C2=CC=CC=C1C2. The van der Waals surface area contributed by atoms with Gasteiger partial charge in [-0.3, -0.25) is 10.1 Å². The fourth-order valence-electron chi connectivity index (χ4n) is 2.69. The molecule has 0 heterocycles. The average Bonchev–Trinajstić information content (AvgIpc) is 2.95. The minimum absolute atomic E-state index is 0.0777. The van der Waals surface area contributed by atoms with Crippen LogP contribution in [0.1, 0.15) is 25.8 Å². The van der Waals surface area contributed by atoms with Crippen LogP contribution in [0.2, 0.25) is 0 Å². The monoisotopic (exact) mass is 361 g/mol. The normalized spacial score (nSPS) is 15.7. The van der Waals surface area contributed by atoms with E-state index in [4.69, 9.17) is 0 Å². The van der Waals surface area contributed by atoms with Crippen molar-refractivity contribution in [3.8, 4) is 11.8 Å². The van der Waals surface area contributed by atoms with E-state index in [1.54, 1.807) is 12.1 Å². The first-order chi connectivity index (χ1) is 12.5. The van der Waals surface area contributed by atoms with E-state index in [1.807, 2.05) is 17.8 Å². The van der Waals surface area contributed by atoms with E-state index in [0.717, 1.165) is 17.6 Å². The van der Waals surface area contributed by atoms with E-state index in [-0.39, 0.29) is 5.69 Å². The van der Waals surface area contributed by atoms with E-state index >= 15 is 0 Å². The van der Waals surface area contributed by atoms with Crippen molar-refractivity contribution in [2.45, 2.75) is 25.5 Å². The van der Waals surface area contributed by atoms with Gasteiger partial charge in [0.15, 0.2) is 0 Å². The number of non-ortho nitro benzene ring substituents is 1. The molecular weight excluding hydrogens is 342 g/mol. The molecule has 2 aliphatic carbocycles. The predicted molar refractivity (Wildman–Crippen MR) is 109 cm³/mol. The molecule has 1 aromatic rings. The summed E-state index contributed by atoms with van der Waals surface area (Å²) in [5.41, 5.74) is 4.33. The van der Waals surface area contributed by atoms with Crippen LogP contribution in [0, 0.1) is 22.0 Å². The smallest absolute Gasteiger partial charge is 0.258 e. The molecule has 4 heteroatoms. The standard InChI is InChI=1S/C22H19NO2S/c1-16(2)26-22-14-11-18(19-5-3-4-6-20(22)15-19)10-7-17-8-12-21(13-9-17)23(24)25/h3-6,8-9,11-14,16H,15H2,1-2H3. The van der Waals surface area contributed by atoms with Crippen LogP contribution in [-0.2, 0) is 0 Å². The van der Waals surface area contributed by atoms with Crippen LogP contribution >= 0.6 is 11.8 Å². The van der Waals surface area contributed by atoms with Crippen LogP contribution in [0.5, 0.6) is 0 Å². The van der Waals surface area contributed by atoms with Gasteiger partial charge in [0.25, 0.3) is 5.69 Å². The number of nitro benzene ring substituents is 1. The second kappa shape index (κ2) is 8.07. The molecule has 2 bridgehead atoms. The first-order valence-corrected chi connectivity index (χ1v) is 9.33. The van der Waals surface area contributed by atoms with Crippen molar-refractivity contribution in [1.29, 1.82) is 0 Å². The maximum Gasteiger partial charge on any atom is 0.269 e. The van der Waals surface area contributed by atoms with Crippen molar-refractivity contribution in [2.75, 3.05) is 0 Å². The van der Waals surface area contributed by atoms with E-state index in [0.29, 0.717) is 5.25 Å². The molecule has 130 valence electrons. The van der Waals surface area contributed by atoms with Crippen LogP contribution in [-0.4, -0.2) is 10.2 Å². The summed E-state index contributed by atoms with van der Waals surface area (Å²) >= 11 is 1.86. The van der Waals surface area contributed by atoms with Crippen molar-refractivity contribution in [3.05, 3.63) is 98.0 Å². The number of allylic oxidation sites excluding steroid dienone is 9. The summed E-state index contributed by atoms with van der Waals surface area (Å²) in [5, 5.41) is 11.3. The Bertz CT molecular complexity index is 933. The highest BCUT2D eigenvalue weighted by molar-refractivity contribution is 8.03. The number of nitrogens with zero attached hydrogens (tertiary/aromatic N) is 1. The van der Waals surface area contributed by atoms with E-state index in [1.165, 1.54) is 28.2 Å². The second-order valence-corrected chi connectivity index (χ2v) is 7.90. The molecule has 0 saturated carbocycles. The van der Waals surface area contributed by atoms with Crippen molar-refractivity contribution >= 4 is 17.4 Å². The molecule has 0 fully saturated rings. The zero-order valence-electron chi connectivity index (χ0n) is 14.7. The topological polar surface area (TPSA) is 43.1 Å². The Morgan fingerprint density at radius 3 is 2.35 bits per heavy atom. The molecule has 0 N–H and O–H groups in total. The van der Waals surface area contributed by atoms with E-state index in [2.05, 4.69) is 56.1 Å². The molecule has 0 spiro atoms. The fraction of sp³-hybridized carbons (Fsp3) is 0.182. The average molecular weight is 361 g/mol. The lowest BCUT2D eigenvalue weighted by Gasteiger charge is -2.12. The van der Waals surface area contributed by atoms with Gasteiger partial charge in [0, 0.05) is 33.4 Å². The van der Waals surface area contributed by atoms with Crippen LogP contribution in [0.4, 0.5) is 5.69 Å². The number of hydrogen-bond acceptors (Lipinski definition) is 3. The summed E-state index contributed by atoms with van der Waals surface area (Å²) in [6.07, 6.45) is 13.5. The number of rotatable bonds is 3. The van der Waals surface area contributed by atoms with Gasteiger partial charge in [0.2, 0.25) is 0 Å². The Morgan fingerprint density at radius 2 is 1.69 bits per heavy atom. The highest BCUT2D eigenvalue weighted by Crippen LogP contribution is 2.36. The highest BCUT2D eigenvalue weighted by Gasteiger charge is 2.16. The fourth-order valence-corrected chi connectivity index (χ4v) is 3.64. The first-order valence-electron chi connectivity index (χ1n) is 8.45. The Morgan fingerprint density at radius 1 is 1.00 bits per heavy atom. The number of benzene rings is 1. The van der Waals surface area contributed by atoms with Gasteiger partial charge in [-0.05, 0) is 41.9 Å². The zero-order chi connectivity index (χ0) is 18.5. The Labute approximate surface area is 158 Å². The van der Waals surface area contributed by atoms with Crippen LogP contribution in [0.15, 0.2) is 82.3 Å². The van der Waals surface area contributed by atoms with Crippen molar-refractivity contribution in [3.63, 3.8) is 0 Å². The molecule has 0 aliphatic heterocycles. The largest absolute Gasteiger partial charge is 0.269 e. The van der Waals surface area contributed by atoms with Gasteiger partial charge in [-0.2, -0.15) is 0 Å². The van der Waals surface area contributed by atoms with E-state index in [9.17, 15) is 10.1 Å². The van der Waals surface area contributed by atoms with Crippen LogP contribution in [0.25, 0.3) is 0 Å².